The third-order valence-electron chi connectivity index (χ3n) is 4.20. The molecule has 1 aliphatic rings. The third kappa shape index (κ3) is 2.78. The normalized spacial score (nSPS) is 13.3. The molecule has 6 nitrogen and oxygen atoms in total. The van der Waals surface area contributed by atoms with Gasteiger partial charge in [-0.3, -0.25) is 9.78 Å². The molecule has 2 aromatic heterocycles. The number of amides is 1. The van der Waals surface area contributed by atoms with E-state index in [4.69, 9.17) is 0 Å². The molecule has 1 amide bonds. The number of benzene rings is 1. The molecule has 1 N–H and O–H groups in total. The van der Waals surface area contributed by atoms with Crippen molar-refractivity contribution in [3.8, 4) is 11.4 Å². The van der Waals surface area contributed by atoms with Gasteiger partial charge in [-0.1, -0.05) is 0 Å². The zero-order valence-electron chi connectivity index (χ0n) is 13.1. The number of aryl methyl sites for hydroxylation is 1. The minimum atomic E-state index is -0.148. The molecule has 0 spiro atoms. The van der Waals surface area contributed by atoms with Crippen LogP contribution < -0.4 is 5.32 Å². The number of rotatable bonds is 3. The SMILES string of the molecule is O=C(Nc1ccc(-c2nnc3n2CCCC3)cc1)c1ccncc1. The Kier molecular flexibility index (Phi) is 3.78. The van der Waals surface area contributed by atoms with E-state index in [-0.39, 0.29) is 5.91 Å². The summed E-state index contributed by atoms with van der Waals surface area (Å²) in [5.74, 6) is 1.81. The first-order valence-corrected chi connectivity index (χ1v) is 8.05. The Morgan fingerprint density at radius 3 is 2.58 bits per heavy atom. The molecule has 24 heavy (non-hydrogen) atoms. The molecule has 0 aliphatic carbocycles. The summed E-state index contributed by atoms with van der Waals surface area (Å²) in [7, 11) is 0. The molecular weight excluding hydrogens is 302 g/mol. The van der Waals surface area contributed by atoms with E-state index in [0.717, 1.165) is 42.3 Å². The maximum Gasteiger partial charge on any atom is 0.255 e. The van der Waals surface area contributed by atoms with Crippen LogP contribution in [0, 0.1) is 0 Å². The van der Waals surface area contributed by atoms with Gasteiger partial charge in [0.1, 0.15) is 5.82 Å². The maximum absolute atomic E-state index is 12.2. The summed E-state index contributed by atoms with van der Waals surface area (Å²) in [6.07, 6.45) is 6.54. The van der Waals surface area contributed by atoms with Crippen molar-refractivity contribution in [1.29, 1.82) is 0 Å². The summed E-state index contributed by atoms with van der Waals surface area (Å²) < 4.78 is 2.19. The summed E-state index contributed by atoms with van der Waals surface area (Å²) in [6, 6.07) is 11.1. The first-order valence-electron chi connectivity index (χ1n) is 8.05. The smallest absolute Gasteiger partial charge is 0.255 e. The van der Waals surface area contributed by atoms with E-state index in [9.17, 15) is 4.79 Å². The van der Waals surface area contributed by atoms with Crippen molar-refractivity contribution in [1.82, 2.24) is 19.7 Å². The molecule has 4 rings (SSSR count). The predicted octanol–water partition coefficient (Wildman–Crippen LogP) is 2.93. The second-order valence-corrected chi connectivity index (χ2v) is 5.82. The Morgan fingerprint density at radius 1 is 1.00 bits per heavy atom. The van der Waals surface area contributed by atoms with Crippen LogP contribution in [0.3, 0.4) is 0 Å². The first-order chi connectivity index (χ1) is 11.8. The van der Waals surface area contributed by atoms with Crippen molar-refractivity contribution >= 4 is 11.6 Å². The number of carbonyl (C=O) groups is 1. The van der Waals surface area contributed by atoms with Crippen LogP contribution in [0.2, 0.25) is 0 Å². The minimum absolute atomic E-state index is 0.148. The van der Waals surface area contributed by atoms with Crippen LogP contribution in [0.4, 0.5) is 5.69 Å². The molecule has 0 atom stereocenters. The summed E-state index contributed by atoms with van der Waals surface area (Å²) >= 11 is 0. The lowest BCUT2D eigenvalue weighted by Crippen LogP contribution is -2.12. The molecule has 120 valence electrons. The number of fused-ring (bicyclic) bond motifs is 1. The lowest BCUT2D eigenvalue weighted by atomic mass is 10.1. The molecule has 0 saturated carbocycles. The van der Waals surface area contributed by atoms with Crippen LogP contribution in [0.15, 0.2) is 48.8 Å². The average molecular weight is 319 g/mol. The van der Waals surface area contributed by atoms with Gasteiger partial charge in [0.2, 0.25) is 0 Å². The Bertz CT molecular complexity index is 855. The lowest BCUT2D eigenvalue weighted by molar-refractivity contribution is 0.102. The van der Waals surface area contributed by atoms with Gasteiger partial charge < -0.3 is 9.88 Å². The topological polar surface area (TPSA) is 72.7 Å². The summed E-state index contributed by atoms with van der Waals surface area (Å²) in [4.78, 5) is 16.1. The van der Waals surface area contributed by atoms with Gasteiger partial charge in [0, 0.05) is 42.2 Å². The summed E-state index contributed by atoms with van der Waals surface area (Å²) in [5, 5.41) is 11.5. The Labute approximate surface area is 139 Å². The van der Waals surface area contributed by atoms with Crippen molar-refractivity contribution in [2.75, 3.05) is 5.32 Å². The van der Waals surface area contributed by atoms with Crippen LogP contribution in [0.1, 0.15) is 29.0 Å². The second-order valence-electron chi connectivity index (χ2n) is 5.82. The number of pyridine rings is 1. The number of carbonyl (C=O) groups excluding carboxylic acids is 1. The number of hydrogen-bond acceptors (Lipinski definition) is 4. The van der Waals surface area contributed by atoms with Crippen molar-refractivity contribution in [2.24, 2.45) is 0 Å². The minimum Gasteiger partial charge on any atom is -0.322 e. The largest absolute Gasteiger partial charge is 0.322 e. The van der Waals surface area contributed by atoms with E-state index in [1.54, 1.807) is 24.5 Å². The fourth-order valence-corrected chi connectivity index (χ4v) is 2.93. The van der Waals surface area contributed by atoms with Gasteiger partial charge in [0.15, 0.2) is 5.82 Å². The van der Waals surface area contributed by atoms with Crippen LogP contribution in [0.25, 0.3) is 11.4 Å². The van der Waals surface area contributed by atoms with Crippen LogP contribution in [-0.2, 0) is 13.0 Å². The summed E-state index contributed by atoms with van der Waals surface area (Å²) in [6.45, 7) is 0.970. The highest BCUT2D eigenvalue weighted by molar-refractivity contribution is 6.04. The zero-order valence-corrected chi connectivity index (χ0v) is 13.1. The third-order valence-corrected chi connectivity index (χ3v) is 4.20. The molecule has 0 radical (unpaired) electrons. The van der Waals surface area contributed by atoms with E-state index < -0.39 is 0 Å². The quantitative estimate of drug-likeness (QED) is 0.805. The highest BCUT2D eigenvalue weighted by Crippen LogP contribution is 2.24. The van der Waals surface area contributed by atoms with E-state index in [1.165, 1.54) is 6.42 Å². The Morgan fingerprint density at radius 2 is 1.79 bits per heavy atom. The molecule has 3 aromatic rings. The standard InChI is InChI=1S/C18H17N5O/c24-18(14-8-10-19-11-9-14)20-15-6-4-13(5-7-15)17-22-21-16-3-1-2-12-23(16)17/h4-11H,1-3,12H2,(H,20,24). The van der Waals surface area contributed by atoms with Gasteiger partial charge in [-0.15, -0.1) is 10.2 Å². The highest BCUT2D eigenvalue weighted by atomic mass is 16.1. The Balaban J connectivity index is 1.53. The fourth-order valence-electron chi connectivity index (χ4n) is 2.93. The van der Waals surface area contributed by atoms with Gasteiger partial charge in [-0.25, -0.2) is 0 Å². The van der Waals surface area contributed by atoms with E-state index in [2.05, 4.69) is 25.1 Å². The van der Waals surface area contributed by atoms with Crippen LogP contribution in [0.5, 0.6) is 0 Å². The molecular formula is C18H17N5O. The van der Waals surface area contributed by atoms with Crippen molar-refractivity contribution in [3.05, 3.63) is 60.2 Å². The van der Waals surface area contributed by atoms with E-state index in [0.29, 0.717) is 5.56 Å². The average Bonchev–Trinajstić information content (AvgIpc) is 3.07. The molecule has 3 heterocycles. The number of nitrogens with zero attached hydrogens (tertiary/aromatic N) is 4. The number of hydrogen-bond donors (Lipinski definition) is 1. The number of anilines is 1. The zero-order chi connectivity index (χ0) is 16.4. The molecule has 0 saturated heterocycles. The fraction of sp³-hybridized carbons (Fsp3) is 0.222. The van der Waals surface area contributed by atoms with Gasteiger partial charge >= 0.3 is 0 Å². The van der Waals surface area contributed by atoms with Crippen LogP contribution >= 0.6 is 0 Å². The monoisotopic (exact) mass is 319 g/mol. The first kappa shape index (κ1) is 14.6. The molecule has 1 aromatic carbocycles. The predicted molar refractivity (Wildman–Crippen MR) is 90.6 cm³/mol. The number of aromatic nitrogens is 4. The van der Waals surface area contributed by atoms with Gasteiger partial charge in [-0.2, -0.15) is 0 Å². The van der Waals surface area contributed by atoms with Crippen LogP contribution in [-0.4, -0.2) is 25.7 Å². The molecule has 0 unspecified atom stereocenters. The highest BCUT2D eigenvalue weighted by Gasteiger charge is 2.16. The van der Waals surface area contributed by atoms with Gasteiger partial charge in [0.05, 0.1) is 0 Å². The van der Waals surface area contributed by atoms with Crippen molar-refractivity contribution in [3.63, 3.8) is 0 Å². The number of nitrogens with one attached hydrogen (secondary N) is 1. The van der Waals surface area contributed by atoms with E-state index >= 15 is 0 Å². The lowest BCUT2D eigenvalue weighted by Gasteiger charge is -2.14. The molecule has 6 heteroatoms. The molecule has 0 fully saturated rings. The van der Waals surface area contributed by atoms with Crippen molar-refractivity contribution < 1.29 is 4.79 Å². The second kappa shape index (κ2) is 6.23. The Hall–Kier alpha value is -3.02. The van der Waals surface area contributed by atoms with Gasteiger partial charge in [0.25, 0.3) is 5.91 Å². The van der Waals surface area contributed by atoms with Gasteiger partial charge in [-0.05, 0) is 49.2 Å². The van der Waals surface area contributed by atoms with E-state index in [1.807, 2.05) is 24.3 Å². The maximum atomic E-state index is 12.2. The van der Waals surface area contributed by atoms with Crippen molar-refractivity contribution in [2.45, 2.75) is 25.8 Å². The molecule has 1 aliphatic heterocycles. The molecule has 0 bridgehead atoms. The summed E-state index contributed by atoms with van der Waals surface area (Å²) in [5.41, 5.74) is 2.34.